The number of fused-ring (bicyclic) bond motifs is 1. The number of benzene rings is 1. The summed E-state index contributed by atoms with van der Waals surface area (Å²) in [6.07, 6.45) is 6.54. The average Bonchev–Trinajstić information content (AvgIpc) is 2.27. The summed E-state index contributed by atoms with van der Waals surface area (Å²) in [4.78, 5) is 0. The van der Waals surface area contributed by atoms with Crippen LogP contribution in [0.1, 0.15) is 31.9 Å². The standard InChI is InChI=1S/C14H16/c1-11-7-6-9-12-8-4-5-10-13(12)14(11,2)3/h4-10H,1-3H3. The van der Waals surface area contributed by atoms with E-state index in [1.807, 2.05) is 0 Å². The van der Waals surface area contributed by atoms with Crippen molar-refractivity contribution in [1.29, 1.82) is 0 Å². The first-order chi connectivity index (χ1) is 6.62. The topological polar surface area (TPSA) is 0 Å². The Bertz CT molecular complexity index is 406. The van der Waals surface area contributed by atoms with Crippen LogP contribution in [0.3, 0.4) is 0 Å². The lowest BCUT2D eigenvalue weighted by molar-refractivity contribution is 0.623. The highest BCUT2D eigenvalue weighted by atomic mass is 14.3. The van der Waals surface area contributed by atoms with Crippen molar-refractivity contribution in [3.05, 3.63) is 53.1 Å². The molecule has 1 aliphatic rings. The molecule has 0 N–H and O–H groups in total. The summed E-state index contributed by atoms with van der Waals surface area (Å²) in [5, 5.41) is 0. The fraction of sp³-hybridized carbons (Fsp3) is 0.286. The molecule has 72 valence electrons. The quantitative estimate of drug-likeness (QED) is 0.573. The van der Waals surface area contributed by atoms with Gasteiger partial charge in [-0.1, -0.05) is 61.9 Å². The minimum atomic E-state index is 0.153. The summed E-state index contributed by atoms with van der Waals surface area (Å²) >= 11 is 0. The van der Waals surface area contributed by atoms with Crippen LogP contribution in [0.25, 0.3) is 6.08 Å². The summed E-state index contributed by atoms with van der Waals surface area (Å²) in [6, 6.07) is 8.62. The highest BCUT2D eigenvalue weighted by Gasteiger charge is 2.25. The summed E-state index contributed by atoms with van der Waals surface area (Å²) in [7, 11) is 0. The van der Waals surface area contributed by atoms with Gasteiger partial charge in [0.05, 0.1) is 0 Å². The molecule has 1 aromatic rings. The van der Waals surface area contributed by atoms with Crippen molar-refractivity contribution in [2.75, 3.05) is 0 Å². The predicted molar refractivity (Wildman–Crippen MR) is 62.3 cm³/mol. The molecule has 0 amide bonds. The van der Waals surface area contributed by atoms with Gasteiger partial charge in [-0.15, -0.1) is 0 Å². The van der Waals surface area contributed by atoms with Crippen LogP contribution in [0, 0.1) is 0 Å². The number of allylic oxidation sites excluding steroid dienone is 3. The van der Waals surface area contributed by atoms with E-state index in [4.69, 9.17) is 0 Å². The minimum Gasteiger partial charge on any atom is -0.0633 e. The molecule has 0 saturated carbocycles. The van der Waals surface area contributed by atoms with Crippen LogP contribution in [-0.2, 0) is 5.41 Å². The fourth-order valence-corrected chi connectivity index (χ4v) is 1.93. The zero-order chi connectivity index (χ0) is 10.2. The third-order valence-electron chi connectivity index (χ3n) is 3.24. The Morgan fingerprint density at radius 3 is 2.57 bits per heavy atom. The van der Waals surface area contributed by atoms with E-state index in [-0.39, 0.29) is 5.41 Å². The van der Waals surface area contributed by atoms with Gasteiger partial charge < -0.3 is 0 Å². The molecule has 0 heteroatoms. The molecule has 0 unspecified atom stereocenters. The van der Waals surface area contributed by atoms with Crippen molar-refractivity contribution in [1.82, 2.24) is 0 Å². The first-order valence-electron chi connectivity index (χ1n) is 5.07. The summed E-state index contributed by atoms with van der Waals surface area (Å²) in [6.45, 7) is 6.77. The van der Waals surface area contributed by atoms with Gasteiger partial charge in [0.1, 0.15) is 0 Å². The van der Waals surface area contributed by atoms with E-state index in [9.17, 15) is 0 Å². The van der Waals surface area contributed by atoms with Crippen molar-refractivity contribution in [3.63, 3.8) is 0 Å². The Balaban J connectivity index is 2.67. The second-order valence-electron chi connectivity index (χ2n) is 4.42. The molecule has 0 heterocycles. The van der Waals surface area contributed by atoms with Crippen molar-refractivity contribution < 1.29 is 0 Å². The SMILES string of the molecule is CC1=CC=Cc2ccccc2C1(C)C. The molecule has 0 bridgehead atoms. The van der Waals surface area contributed by atoms with Gasteiger partial charge in [0.25, 0.3) is 0 Å². The molecule has 1 aliphatic carbocycles. The first-order valence-corrected chi connectivity index (χ1v) is 5.07. The van der Waals surface area contributed by atoms with E-state index in [1.54, 1.807) is 0 Å². The van der Waals surface area contributed by atoms with Gasteiger partial charge in [0, 0.05) is 5.41 Å². The Morgan fingerprint density at radius 1 is 1.07 bits per heavy atom. The van der Waals surface area contributed by atoms with Gasteiger partial charge >= 0.3 is 0 Å². The van der Waals surface area contributed by atoms with Gasteiger partial charge in [-0.2, -0.15) is 0 Å². The smallest absolute Gasteiger partial charge is 0.0111 e. The van der Waals surface area contributed by atoms with E-state index in [1.165, 1.54) is 16.7 Å². The number of rotatable bonds is 0. The van der Waals surface area contributed by atoms with E-state index in [0.29, 0.717) is 0 Å². The third-order valence-corrected chi connectivity index (χ3v) is 3.24. The molecule has 0 radical (unpaired) electrons. The summed E-state index contributed by atoms with van der Waals surface area (Å²) in [5.74, 6) is 0. The van der Waals surface area contributed by atoms with Crippen LogP contribution in [0.2, 0.25) is 0 Å². The zero-order valence-electron chi connectivity index (χ0n) is 9.04. The third kappa shape index (κ3) is 1.31. The second kappa shape index (κ2) is 3.13. The fourth-order valence-electron chi connectivity index (χ4n) is 1.93. The number of hydrogen-bond donors (Lipinski definition) is 0. The maximum absolute atomic E-state index is 2.28. The molecular formula is C14H16. The largest absolute Gasteiger partial charge is 0.0633 e. The lowest BCUT2D eigenvalue weighted by atomic mass is 9.77. The molecule has 1 aromatic carbocycles. The first kappa shape index (κ1) is 9.26. The van der Waals surface area contributed by atoms with Gasteiger partial charge in [0.2, 0.25) is 0 Å². The molecule has 2 rings (SSSR count). The maximum atomic E-state index is 2.28. The average molecular weight is 184 g/mol. The predicted octanol–water partition coefficient (Wildman–Crippen LogP) is 3.94. The molecule has 0 aliphatic heterocycles. The highest BCUT2D eigenvalue weighted by molar-refractivity contribution is 5.61. The molecular weight excluding hydrogens is 168 g/mol. The van der Waals surface area contributed by atoms with Crippen LogP contribution in [0.4, 0.5) is 0 Å². The van der Waals surface area contributed by atoms with Crippen LogP contribution in [0.5, 0.6) is 0 Å². The lowest BCUT2D eigenvalue weighted by Gasteiger charge is -2.27. The van der Waals surface area contributed by atoms with Crippen LogP contribution in [0.15, 0.2) is 42.0 Å². The molecule has 0 fully saturated rings. The van der Waals surface area contributed by atoms with E-state index < -0.39 is 0 Å². The monoisotopic (exact) mass is 184 g/mol. The Hall–Kier alpha value is -1.30. The van der Waals surface area contributed by atoms with Gasteiger partial charge in [-0.3, -0.25) is 0 Å². The van der Waals surface area contributed by atoms with Crippen molar-refractivity contribution in [3.8, 4) is 0 Å². The Labute approximate surface area is 86.0 Å². The van der Waals surface area contributed by atoms with E-state index in [2.05, 4.69) is 63.3 Å². The van der Waals surface area contributed by atoms with Crippen LogP contribution >= 0.6 is 0 Å². The molecule has 0 atom stereocenters. The van der Waals surface area contributed by atoms with Gasteiger partial charge in [0.15, 0.2) is 0 Å². The Kier molecular flexibility index (Phi) is 2.07. The molecule has 0 spiro atoms. The van der Waals surface area contributed by atoms with Crippen molar-refractivity contribution in [2.24, 2.45) is 0 Å². The van der Waals surface area contributed by atoms with Crippen molar-refractivity contribution >= 4 is 6.08 Å². The minimum absolute atomic E-state index is 0.153. The Morgan fingerprint density at radius 2 is 1.79 bits per heavy atom. The van der Waals surface area contributed by atoms with E-state index >= 15 is 0 Å². The molecule has 0 saturated heterocycles. The van der Waals surface area contributed by atoms with Gasteiger partial charge in [-0.25, -0.2) is 0 Å². The van der Waals surface area contributed by atoms with Crippen molar-refractivity contribution in [2.45, 2.75) is 26.2 Å². The molecule has 0 nitrogen and oxygen atoms in total. The molecule has 14 heavy (non-hydrogen) atoms. The second-order valence-corrected chi connectivity index (χ2v) is 4.42. The number of hydrogen-bond acceptors (Lipinski definition) is 0. The lowest BCUT2D eigenvalue weighted by Crippen LogP contribution is -2.19. The van der Waals surface area contributed by atoms with Crippen LogP contribution in [-0.4, -0.2) is 0 Å². The van der Waals surface area contributed by atoms with Gasteiger partial charge in [-0.05, 0) is 18.1 Å². The zero-order valence-corrected chi connectivity index (χ0v) is 9.04. The van der Waals surface area contributed by atoms with Crippen LogP contribution < -0.4 is 0 Å². The normalized spacial score (nSPS) is 18.4. The maximum Gasteiger partial charge on any atom is 0.0111 e. The molecule has 0 aromatic heterocycles. The van der Waals surface area contributed by atoms with E-state index in [0.717, 1.165) is 0 Å². The highest BCUT2D eigenvalue weighted by Crippen LogP contribution is 2.35. The summed E-state index contributed by atoms with van der Waals surface area (Å²) in [5.41, 5.74) is 4.33. The summed E-state index contributed by atoms with van der Waals surface area (Å²) < 4.78 is 0.